The number of anilines is 1. The first-order chi connectivity index (χ1) is 17.1. The SMILES string of the molecule is CNC(=O)C(Cc1ccccc1)N(Cc1ccccc1)C(=O)CN(c1cccc(C)c1C)S(C)(=O)=O. The molecule has 0 aliphatic heterocycles. The average molecular weight is 508 g/mol. The van der Waals surface area contributed by atoms with Crippen LogP contribution < -0.4 is 9.62 Å². The summed E-state index contributed by atoms with van der Waals surface area (Å²) >= 11 is 0. The van der Waals surface area contributed by atoms with Gasteiger partial charge < -0.3 is 10.2 Å². The van der Waals surface area contributed by atoms with E-state index in [-0.39, 0.29) is 12.5 Å². The van der Waals surface area contributed by atoms with E-state index in [0.29, 0.717) is 12.1 Å². The van der Waals surface area contributed by atoms with Gasteiger partial charge in [0.05, 0.1) is 11.9 Å². The number of hydrogen-bond acceptors (Lipinski definition) is 4. The van der Waals surface area contributed by atoms with Gasteiger partial charge in [-0.15, -0.1) is 0 Å². The second kappa shape index (κ2) is 11.9. The zero-order valence-corrected chi connectivity index (χ0v) is 22.0. The molecule has 8 heteroatoms. The Morgan fingerprint density at radius 3 is 2.00 bits per heavy atom. The van der Waals surface area contributed by atoms with Crippen LogP contribution in [0, 0.1) is 13.8 Å². The molecule has 0 bridgehead atoms. The van der Waals surface area contributed by atoms with Crippen LogP contribution in [0.3, 0.4) is 0 Å². The lowest BCUT2D eigenvalue weighted by Crippen LogP contribution is -2.53. The lowest BCUT2D eigenvalue weighted by atomic mass is 10.0. The van der Waals surface area contributed by atoms with Crippen molar-refractivity contribution in [1.29, 1.82) is 0 Å². The molecule has 0 saturated carbocycles. The molecule has 0 radical (unpaired) electrons. The van der Waals surface area contributed by atoms with Gasteiger partial charge in [0.1, 0.15) is 12.6 Å². The summed E-state index contributed by atoms with van der Waals surface area (Å²) < 4.78 is 26.8. The Balaban J connectivity index is 2.03. The summed E-state index contributed by atoms with van der Waals surface area (Å²) in [6.07, 6.45) is 1.38. The van der Waals surface area contributed by atoms with Gasteiger partial charge in [-0.1, -0.05) is 72.8 Å². The van der Waals surface area contributed by atoms with Crippen LogP contribution in [0.5, 0.6) is 0 Å². The van der Waals surface area contributed by atoms with Crippen molar-refractivity contribution in [3.63, 3.8) is 0 Å². The van der Waals surface area contributed by atoms with Crippen molar-refractivity contribution >= 4 is 27.5 Å². The third-order valence-electron chi connectivity index (χ3n) is 6.24. The second-order valence-electron chi connectivity index (χ2n) is 8.82. The van der Waals surface area contributed by atoms with E-state index in [1.807, 2.05) is 80.6 Å². The smallest absolute Gasteiger partial charge is 0.244 e. The van der Waals surface area contributed by atoms with Crippen molar-refractivity contribution in [2.75, 3.05) is 24.2 Å². The molecule has 3 aromatic rings. The van der Waals surface area contributed by atoms with E-state index in [4.69, 9.17) is 0 Å². The normalized spacial score (nSPS) is 12.0. The fraction of sp³-hybridized carbons (Fsp3) is 0.286. The molecule has 2 amide bonds. The van der Waals surface area contributed by atoms with Crippen molar-refractivity contribution in [2.45, 2.75) is 32.9 Å². The number of carbonyl (C=O) groups is 2. The summed E-state index contributed by atoms with van der Waals surface area (Å²) in [7, 11) is -2.25. The van der Waals surface area contributed by atoms with Gasteiger partial charge >= 0.3 is 0 Å². The minimum Gasteiger partial charge on any atom is -0.357 e. The standard InChI is InChI=1S/C28H33N3O4S/c1-21-12-11-17-25(22(21)2)31(36(4,34)35)20-27(32)30(19-24-15-9-6-10-16-24)26(28(33)29-3)18-23-13-7-5-8-14-23/h5-17,26H,18-20H2,1-4H3,(H,29,33). The fourth-order valence-electron chi connectivity index (χ4n) is 4.10. The number of amides is 2. The third kappa shape index (κ3) is 6.73. The number of carbonyl (C=O) groups excluding carboxylic acids is 2. The summed E-state index contributed by atoms with van der Waals surface area (Å²) in [6.45, 7) is 3.47. The maximum Gasteiger partial charge on any atom is 0.244 e. The molecular weight excluding hydrogens is 474 g/mol. The summed E-state index contributed by atoms with van der Waals surface area (Å²) in [5.74, 6) is -0.782. The van der Waals surface area contributed by atoms with Crippen molar-refractivity contribution in [1.82, 2.24) is 10.2 Å². The molecule has 3 aromatic carbocycles. The molecule has 3 rings (SSSR count). The molecular formula is C28H33N3O4S. The highest BCUT2D eigenvalue weighted by Gasteiger charge is 2.33. The maximum atomic E-state index is 13.9. The van der Waals surface area contributed by atoms with Crippen molar-refractivity contribution in [2.24, 2.45) is 0 Å². The molecule has 0 spiro atoms. The number of nitrogens with zero attached hydrogens (tertiary/aromatic N) is 2. The summed E-state index contributed by atoms with van der Waals surface area (Å²) in [5, 5.41) is 2.67. The lowest BCUT2D eigenvalue weighted by Gasteiger charge is -2.33. The van der Waals surface area contributed by atoms with Gasteiger partial charge in [0.2, 0.25) is 21.8 Å². The van der Waals surface area contributed by atoms with Gasteiger partial charge in [-0.05, 0) is 42.2 Å². The molecule has 0 heterocycles. The number of nitrogens with one attached hydrogen (secondary N) is 1. The topological polar surface area (TPSA) is 86.8 Å². The number of sulfonamides is 1. The summed E-state index contributed by atoms with van der Waals surface area (Å²) in [6, 6.07) is 23.3. The van der Waals surface area contributed by atoms with E-state index in [1.54, 1.807) is 12.1 Å². The molecule has 1 atom stereocenters. The fourth-order valence-corrected chi connectivity index (χ4v) is 5.00. The first-order valence-corrected chi connectivity index (χ1v) is 13.6. The Morgan fingerprint density at radius 2 is 1.44 bits per heavy atom. The molecule has 0 aliphatic rings. The Labute approximate surface area is 213 Å². The molecule has 1 N–H and O–H groups in total. The molecule has 0 aliphatic carbocycles. The highest BCUT2D eigenvalue weighted by Crippen LogP contribution is 2.25. The zero-order valence-electron chi connectivity index (χ0n) is 21.1. The number of rotatable bonds is 10. The van der Waals surface area contributed by atoms with Crippen molar-refractivity contribution < 1.29 is 18.0 Å². The van der Waals surface area contributed by atoms with E-state index in [0.717, 1.165) is 32.8 Å². The number of hydrogen-bond donors (Lipinski definition) is 1. The maximum absolute atomic E-state index is 13.9. The van der Waals surface area contributed by atoms with E-state index < -0.39 is 28.5 Å². The Morgan fingerprint density at radius 1 is 0.861 bits per heavy atom. The van der Waals surface area contributed by atoms with Crippen LogP contribution in [-0.2, 0) is 32.6 Å². The van der Waals surface area contributed by atoms with Crippen LogP contribution >= 0.6 is 0 Å². The largest absolute Gasteiger partial charge is 0.357 e. The van der Waals surface area contributed by atoms with Crippen LogP contribution in [-0.4, -0.2) is 51.0 Å². The first kappa shape index (κ1) is 26.9. The highest BCUT2D eigenvalue weighted by molar-refractivity contribution is 7.92. The van der Waals surface area contributed by atoms with Crippen molar-refractivity contribution in [3.05, 3.63) is 101 Å². The van der Waals surface area contributed by atoms with E-state index in [1.165, 1.54) is 11.9 Å². The molecule has 7 nitrogen and oxygen atoms in total. The Hall–Kier alpha value is -3.65. The third-order valence-corrected chi connectivity index (χ3v) is 7.36. The zero-order chi connectivity index (χ0) is 26.3. The Kier molecular flexibility index (Phi) is 8.88. The molecule has 36 heavy (non-hydrogen) atoms. The predicted octanol–water partition coefficient (Wildman–Crippen LogP) is 3.46. The average Bonchev–Trinajstić information content (AvgIpc) is 2.86. The quantitative estimate of drug-likeness (QED) is 0.455. The molecule has 190 valence electrons. The number of aryl methyl sites for hydroxylation is 1. The van der Waals surface area contributed by atoms with Crippen LogP contribution in [0.2, 0.25) is 0 Å². The van der Waals surface area contributed by atoms with Gasteiger partial charge in [0, 0.05) is 20.0 Å². The minimum absolute atomic E-state index is 0.162. The van der Waals surface area contributed by atoms with Crippen LogP contribution in [0.15, 0.2) is 78.9 Å². The van der Waals surface area contributed by atoms with Crippen LogP contribution in [0.1, 0.15) is 22.3 Å². The Bertz CT molecular complexity index is 1290. The summed E-state index contributed by atoms with van der Waals surface area (Å²) in [5.41, 5.74) is 3.88. The van der Waals surface area contributed by atoms with E-state index in [2.05, 4.69) is 5.32 Å². The van der Waals surface area contributed by atoms with Gasteiger partial charge in [-0.3, -0.25) is 13.9 Å². The number of benzene rings is 3. The van der Waals surface area contributed by atoms with E-state index in [9.17, 15) is 18.0 Å². The molecule has 0 saturated heterocycles. The minimum atomic E-state index is -3.78. The van der Waals surface area contributed by atoms with Gasteiger partial charge in [-0.2, -0.15) is 0 Å². The van der Waals surface area contributed by atoms with Crippen LogP contribution in [0.4, 0.5) is 5.69 Å². The number of likely N-dealkylation sites (N-methyl/N-ethyl adjacent to an activating group) is 1. The van der Waals surface area contributed by atoms with Crippen molar-refractivity contribution in [3.8, 4) is 0 Å². The molecule has 0 fully saturated rings. The van der Waals surface area contributed by atoms with Crippen LogP contribution in [0.25, 0.3) is 0 Å². The molecule has 0 aromatic heterocycles. The van der Waals surface area contributed by atoms with E-state index >= 15 is 0 Å². The monoisotopic (exact) mass is 507 g/mol. The molecule has 1 unspecified atom stereocenters. The van der Waals surface area contributed by atoms with Gasteiger partial charge in [0.25, 0.3) is 0 Å². The lowest BCUT2D eigenvalue weighted by molar-refractivity contribution is -0.139. The second-order valence-corrected chi connectivity index (χ2v) is 10.7. The predicted molar refractivity (Wildman–Crippen MR) is 143 cm³/mol. The van der Waals surface area contributed by atoms with Gasteiger partial charge in [-0.25, -0.2) is 8.42 Å². The van der Waals surface area contributed by atoms with Gasteiger partial charge in [0.15, 0.2) is 0 Å². The first-order valence-electron chi connectivity index (χ1n) is 11.7. The highest BCUT2D eigenvalue weighted by atomic mass is 32.2. The summed E-state index contributed by atoms with van der Waals surface area (Å²) in [4.78, 5) is 28.4.